The molecule has 4 nitrogen and oxygen atoms in total. The molecule has 1 aromatic carbocycles. The second-order valence-corrected chi connectivity index (χ2v) is 4.68. The zero-order valence-electron chi connectivity index (χ0n) is 9.14. The minimum Gasteiger partial charge on any atom is -0.477 e. The van der Waals surface area contributed by atoms with Gasteiger partial charge in [0.2, 0.25) is 17.4 Å². The maximum absolute atomic E-state index is 13.3. The number of halogens is 5. The fourth-order valence-corrected chi connectivity index (χ4v) is 1.16. The second kappa shape index (κ2) is 5.55. The number of alkyl halides is 1. The maximum Gasteiger partial charge on any atom is 0.341 e. The summed E-state index contributed by atoms with van der Waals surface area (Å²) < 4.78 is 57.3. The summed E-state index contributed by atoms with van der Waals surface area (Å²) in [6, 6.07) is 0. The summed E-state index contributed by atoms with van der Waals surface area (Å²) >= 11 is 2.72. The molecule has 9 heteroatoms. The van der Waals surface area contributed by atoms with Gasteiger partial charge in [-0.05, 0) is 6.92 Å². The molecule has 0 heterocycles. The topological polar surface area (TPSA) is 63.6 Å². The SMILES string of the molecule is CC(Br)C(=O)Oc1c(F)c(F)c(C(=O)O)c(F)c1F. The number of hydrogen-bond donors (Lipinski definition) is 1. The Balaban J connectivity index is 3.44. The quantitative estimate of drug-likeness (QED) is 0.301. The number of carbonyl (C=O) groups is 2. The minimum atomic E-state index is -2.19. The Morgan fingerprint density at radius 1 is 1.11 bits per heavy atom. The van der Waals surface area contributed by atoms with E-state index in [2.05, 4.69) is 20.7 Å². The van der Waals surface area contributed by atoms with Crippen molar-refractivity contribution in [3.05, 3.63) is 28.8 Å². The average Bonchev–Trinajstić information content (AvgIpc) is 2.31. The van der Waals surface area contributed by atoms with Gasteiger partial charge in [0.15, 0.2) is 11.6 Å². The highest BCUT2D eigenvalue weighted by Crippen LogP contribution is 2.30. The number of carboxylic acid groups (broad SMARTS) is 1. The van der Waals surface area contributed by atoms with Crippen LogP contribution in [0.2, 0.25) is 0 Å². The lowest BCUT2D eigenvalue weighted by Gasteiger charge is -2.10. The van der Waals surface area contributed by atoms with Gasteiger partial charge in [-0.1, -0.05) is 15.9 Å². The summed E-state index contributed by atoms with van der Waals surface area (Å²) in [4.78, 5) is 20.6. The summed E-state index contributed by atoms with van der Waals surface area (Å²) in [7, 11) is 0. The van der Waals surface area contributed by atoms with Crippen LogP contribution in [-0.4, -0.2) is 21.9 Å². The highest BCUT2D eigenvalue weighted by Gasteiger charge is 2.31. The van der Waals surface area contributed by atoms with Gasteiger partial charge in [0.1, 0.15) is 10.4 Å². The van der Waals surface area contributed by atoms with Gasteiger partial charge >= 0.3 is 11.9 Å². The van der Waals surface area contributed by atoms with Crippen molar-refractivity contribution in [2.45, 2.75) is 11.8 Å². The number of rotatable bonds is 3. The third kappa shape index (κ3) is 2.86. The molecule has 1 rings (SSSR count). The van der Waals surface area contributed by atoms with Gasteiger partial charge in [0.05, 0.1) is 0 Å². The standard InChI is InChI=1S/C10H5BrF4O4/c1-2(11)10(18)19-8-6(14)4(12)3(9(16)17)5(13)7(8)15/h2H,1H3,(H,16,17). The van der Waals surface area contributed by atoms with Crippen LogP contribution in [0.3, 0.4) is 0 Å². The van der Waals surface area contributed by atoms with Gasteiger partial charge in [-0.2, -0.15) is 8.78 Å². The van der Waals surface area contributed by atoms with E-state index in [9.17, 15) is 27.2 Å². The summed E-state index contributed by atoms with van der Waals surface area (Å²) in [5.41, 5.74) is -1.80. The van der Waals surface area contributed by atoms with Crippen LogP contribution < -0.4 is 4.74 Å². The molecular formula is C10H5BrF4O4. The van der Waals surface area contributed by atoms with Gasteiger partial charge < -0.3 is 9.84 Å². The van der Waals surface area contributed by atoms with Gasteiger partial charge in [0.25, 0.3) is 0 Å². The van der Waals surface area contributed by atoms with Crippen molar-refractivity contribution in [1.82, 2.24) is 0 Å². The number of carbonyl (C=O) groups excluding carboxylic acids is 1. The predicted octanol–water partition coefficient (Wildman–Crippen LogP) is 2.63. The van der Waals surface area contributed by atoms with Crippen LogP contribution >= 0.6 is 15.9 Å². The van der Waals surface area contributed by atoms with Crippen molar-refractivity contribution in [3.8, 4) is 5.75 Å². The molecule has 104 valence electrons. The van der Waals surface area contributed by atoms with Crippen LogP contribution in [0.5, 0.6) is 5.75 Å². The normalized spacial score (nSPS) is 12.1. The molecule has 1 atom stereocenters. The Kier molecular flexibility index (Phi) is 4.51. The number of ether oxygens (including phenoxy) is 1. The van der Waals surface area contributed by atoms with E-state index in [-0.39, 0.29) is 0 Å². The Labute approximate surface area is 112 Å². The lowest BCUT2D eigenvalue weighted by atomic mass is 10.1. The van der Waals surface area contributed by atoms with Crippen molar-refractivity contribution in [2.24, 2.45) is 0 Å². The van der Waals surface area contributed by atoms with E-state index in [1.165, 1.54) is 6.92 Å². The van der Waals surface area contributed by atoms with Crippen molar-refractivity contribution in [2.75, 3.05) is 0 Å². The second-order valence-electron chi connectivity index (χ2n) is 3.30. The van der Waals surface area contributed by atoms with Gasteiger partial charge in [-0.3, -0.25) is 4.79 Å². The highest BCUT2D eigenvalue weighted by molar-refractivity contribution is 9.10. The van der Waals surface area contributed by atoms with Gasteiger partial charge in [0, 0.05) is 0 Å². The van der Waals surface area contributed by atoms with E-state index in [0.717, 1.165) is 0 Å². The van der Waals surface area contributed by atoms with E-state index in [4.69, 9.17) is 5.11 Å². The van der Waals surface area contributed by atoms with E-state index < -0.39 is 51.3 Å². The van der Waals surface area contributed by atoms with Crippen molar-refractivity contribution in [1.29, 1.82) is 0 Å². The maximum atomic E-state index is 13.3. The van der Waals surface area contributed by atoms with Crippen LogP contribution in [0.1, 0.15) is 17.3 Å². The Morgan fingerprint density at radius 2 is 1.53 bits per heavy atom. The third-order valence-electron chi connectivity index (χ3n) is 1.96. The molecule has 19 heavy (non-hydrogen) atoms. The monoisotopic (exact) mass is 344 g/mol. The number of aromatic carboxylic acids is 1. The summed E-state index contributed by atoms with van der Waals surface area (Å²) in [5, 5.41) is 8.43. The highest BCUT2D eigenvalue weighted by atomic mass is 79.9. The Morgan fingerprint density at radius 3 is 1.84 bits per heavy atom. The Bertz CT molecular complexity index is 530. The van der Waals surface area contributed by atoms with Gasteiger partial charge in [-0.25, -0.2) is 13.6 Å². The zero-order chi connectivity index (χ0) is 14.9. The molecule has 0 radical (unpaired) electrons. The van der Waals surface area contributed by atoms with Crippen molar-refractivity contribution < 1.29 is 37.0 Å². The molecule has 0 aliphatic carbocycles. The van der Waals surface area contributed by atoms with Crippen molar-refractivity contribution >= 4 is 27.9 Å². The molecule has 0 aliphatic heterocycles. The molecule has 0 spiro atoms. The van der Waals surface area contributed by atoms with Crippen LogP contribution in [-0.2, 0) is 4.79 Å². The fourth-order valence-electron chi connectivity index (χ4n) is 1.07. The predicted molar refractivity (Wildman–Crippen MR) is 57.3 cm³/mol. The number of esters is 1. The van der Waals surface area contributed by atoms with Crippen molar-refractivity contribution in [3.63, 3.8) is 0 Å². The molecule has 0 aromatic heterocycles. The first-order chi connectivity index (χ1) is 8.68. The first-order valence-electron chi connectivity index (χ1n) is 4.63. The summed E-state index contributed by atoms with van der Waals surface area (Å²) in [6.45, 7) is 1.25. The number of carboxylic acids is 1. The van der Waals surface area contributed by atoms with E-state index in [0.29, 0.717) is 0 Å². The lowest BCUT2D eigenvalue weighted by Crippen LogP contribution is -2.20. The Hall–Kier alpha value is -1.64. The largest absolute Gasteiger partial charge is 0.477 e. The number of hydrogen-bond acceptors (Lipinski definition) is 3. The van der Waals surface area contributed by atoms with Crippen LogP contribution in [0.4, 0.5) is 17.6 Å². The van der Waals surface area contributed by atoms with Crippen LogP contribution in [0.15, 0.2) is 0 Å². The first kappa shape index (κ1) is 15.4. The summed E-state index contributed by atoms with van der Waals surface area (Å²) in [6.07, 6.45) is 0. The van der Waals surface area contributed by atoms with E-state index in [1.807, 2.05) is 0 Å². The molecule has 0 bridgehead atoms. The van der Waals surface area contributed by atoms with Crippen LogP contribution in [0, 0.1) is 23.3 Å². The molecule has 0 aliphatic rings. The molecule has 0 amide bonds. The van der Waals surface area contributed by atoms with E-state index >= 15 is 0 Å². The molecule has 1 aromatic rings. The fraction of sp³-hybridized carbons (Fsp3) is 0.200. The lowest BCUT2D eigenvalue weighted by molar-refractivity contribution is -0.133. The average molecular weight is 345 g/mol. The summed E-state index contributed by atoms with van der Waals surface area (Å²) in [5.74, 6) is -13.5. The van der Waals surface area contributed by atoms with Gasteiger partial charge in [-0.15, -0.1) is 0 Å². The number of benzene rings is 1. The smallest absolute Gasteiger partial charge is 0.341 e. The first-order valence-corrected chi connectivity index (χ1v) is 5.55. The van der Waals surface area contributed by atoms with E-state index in [1.54, 1.807) is 0 Å². The molecule has 0 saturated carbocycles. The molecular weight excluding hydrogens is 340 g/mol. The molecule has 0 fully saturated rings. The molecule has 0 saturated heterocycles. The van der Waals surface area contributed by atoms with Crippen LogP contribution in [0.25, 0.3) is 0 Å². The minimum absolute atomic E-state index is 0.989. The molecule has 1 N–H and O–H groups in total. The molecule has 1 unspecified atom stereocenters. The third-order valence-corrected chi connectivity index (χ3v) is 2.34. The zero-order valence-corrected chi connectivity index (χ0v) is 10.7.